The molecule has 0 bridgehead atoms. The average Bonchev–Trinajstić information content (AvgIpc) is 2.28. The predicted molar refractivity (Wildman–Crippen MR) is 70.3 cm³/mol. The number of ether oxygens (including phenoxy) is 1. The van der Waals surface area contributed by atoms with Gasteiger partial charge in [-0.1, -0.05) is 6.92 Å². The van der Waals surface area contributed by atoms with Crippen LogP contribution in [-0.4, -0.2) is 62.7 Å². The van der Waals surface area contributed by atoms with Crippen molar-refractivity contribution in [2.75, 3.05) is 40.4 Å². The third-order valence-corrected chi connectivity index (χ3v) is 2.51. The summed E-state index contributed by atoms with van der Waals surface area (Å²) < 4.78 is 4.83. The van der Waals surface area contributed by atoms with E-state index in [2.05, 4.69) is 10.6 Å². The van der Waals surface area contributed by atoms with Gasteiger partial charge in [-0.3, -0.25) is 9.59 Å². The Morgan fingerprint density at radius 3 is 2.44 bits per heavy atom. The summed E-state index contributed by atoms with van der Waals surface area (Å²) in [4.78, 5) is 25.0. The molecule has 0 aromatic carbocycles. The fraction of sp³-hybridized carbons (Fsp3) is 0.833. The van der Waals surface area contributed by atoms with E-state index in [0.29, 0.717) is 19.7 Å². The summed E-state index contributed by atoms with van der Waals surface area (Å²) in [6.45, 7) is 7.22. The first kappa shape index (κ1) is 16.9. The van der Waals surface area contributed by atoms with E-state index in [4.69, 9.17) is 4.74 Å². The number of rotatable bonds is 8. The number of hydrogen-bond donors (Lipinski definition) is 2. The van der Waals surface area contributed by atoms with E-state index in [9.17, 15) is 9.59 Å². The zero-order chi connectivity index (χ0) is 14.2. The summed E-state index contributed by atoms with van der Waals surface area (Å²) in [6, 6.07) is 0. The van der Waals surface area contributed by atoms with Gasteiger partial charge in [-0.2, -0.15) is 0 Å². The van der Waals surface area contributed by atoms with Gasteiger partial charge in [0.05, 0.1) is 18.7 Å². The van der Waals surface area contributed by atoms with Crippen LogP contribution in [0.3, 0.4) is 0 Å². The molecule has 0 unspecified atom stereocenters. The largest absolute Gasteiger partial charge is 0.383 e. The molecule has 0 spiro atoms. The fourth-order valence-electron chi connectivity index (χ4n) is 1.63. The Balaban J connectivity index is 4.19. The molecule has 0 heterocycles. The van der Waals surface area contributed by atoms with Crippen molar-refractivity contribution in [3.05, 3.63) is 0 Å². The van der Waals surface area contributed by atoms with Crippen LogP contribution in [0.5, 0.6) is 0 Å². The van der Waals surface area contributed by atoms with Crippen LogP contribution in [0, 0.1) is 0 Å². The standard InChI is InChI=1S/C12H25N3O3/c1-6-14-12(2,3)11(17)15(4)9-10(16)13-7-8-18-5/h14H,6-9H2,1-5H3,(H,13,16). The summed E-state index contributed by atoms with van der Waals surface area (Å²) in [5.41, 5.74) is -0.656. The van der Waals surface area contributed by atoms with Gasteiger partial charge >= 0.3 is 0 Å². The maximum Gasteiger partial charge on any atom is 0.242 e. The van der Waals surface area contributed by atoms with Crippen LogP contribution in [0.4, 0.5) is 0 Å². The van der Waals surface area contributed by atoms with E-state index >= 15 is 0 Å². The minimum Gasteiger partial charge on any atom is -0.383 e. The van der Waals surface area contributed by atoms with Crippen molar-refractivity contribution in [3.8, 4) is 0 Å². The van der Waals surface area contributed by atoms with Crippen molar-refractivity contribution < 1.29 is 14.3 Å². The minimum absolute atomic E-state index is 0.0529. The average molecular weight is 259 g/mol. The molecule has 0 saturated heterocycles. The molecule has 0 saturated carbocycles. The lowest BCUT2D eigenvalue weighted by Crippen LogP contribution is -2.54. The molecule has 106 valence electrons. The van der Waals surface area contributed by atoms with Gasteiger partial charge in [-0.05, 0) is 20.4 Å². The van der Waals surface area contributed by atoms with Gasteiger partial charge < -0.3 is 20.3 Å². The highest BCUT2D eigenvalue weighted by Crippen LogP contribution is 2.06. The molecule has 0 aliphatic rings. The van der Waals surface area contributed by atoms with Crippen molar-refractivity contribution in [1.29, 1.82) is 0 Å². The smallest absolute Gasteiger partial charge is 0.242 e. The van der Waals surface area contributed by atoms with Crippen molar-refractivity contribution in [2.24, 2.45) is 0 Å². The molecular formula is C12H25N3O3. The number of likely N-dealkylation sites (N-methyl/N-ethyl adjacent to an activating group) is 2. The summed E-state index contributed by atoms with van der Waals surface area (Å²) in [5, 5.41) is 5.76. The Kier molecular flexibility index (Phi) is 7.54. The number of hydrogen-bond acceptors (Lipinski definition) is 4. The topological polar surface area (TPSA) is 70.7 Å². The number of carbonyl (C=O) groups excluding carboxylic acids is 2. The Morgan fingerprint density at radius 1 is 1.33 bits per heavy atom. The van der Waals surface area contributed by atoms with Crippen LogP contribution in [-0.2, 0) is 14.3 Å². The molecule has 0 aromatic heterocycles. The molecule has 0 aliphatic heterocycles. The Labute approximate surface area is 109 Å². The van der Waals surface area contributed by atoms with Crippen molar-refractivity contribution >= 4 is 11.8 Å². The van der Waals surface area contributed by atoms with E-state index < -0.39 is 5.54 Å². The monoisotopic (exact) mass is 259 g/mol. The lowest BCUT2D eigenvalue weighted by atomic mass is 10.0. The van der Waals surface area contributed by atoms with Gasteiger partial charge in [0.1, 0.15) is 0 Å². The second-order valence-corrected chi connectivity index (χ2v) is 4.66. The maximum absolute atomic E-state index is 12.1. The molecule has 0 radical (unpaired) electrons. The van der Waals surface area contributed by atoms with Crippen molar-refractivity contribution in [3.63, 3.8) is 0 Å². The van der Waals surface area contributed by atoms with E-state index in [1.165, 1.54) is 4.90 Å². The SMILES string of the molecule is CCNC(C)(C)C(=O)N(C)CC(=O)NCCOC. The number of amides is 2. The molecular weight excluding hydrogens is 234 g/mol. The molecule has 0 rings (SSSR count). The van der Waals surface area contributed by atoms with Crippen LogP contribution in [0.15, 0.2) is 0 Å². The van der Waals surface area contributed by atoms with E-state index in [0.717, 1.165) is 0 Å². The highest BCUT2D eigenvalue weighted by atomic mass is 16.5. The molecule has 0 aliphatic carbocycles. The van der Waals surface area contributed by atoms with Gasteiger partial charge in [-0.15, -0.1) is 0 Å². The lowest BCUT2D eigenvalue weighted by Gasteiger charge is -2.29. The van der Waals surface area contributed by atoms with Gasteiger partial charge in [0.25, 0.3) is 0 Å². The zero-order valence-electron chi connectivity index (χ0n) is 12.0. The highest BCUT2D eigenvalue weighted by Gasteiger charge is 2.29. The lowest BCUT2D eigenvalue weighted by molar-refractivity contribution is -0.139. The van der Waals surface area contributed by atoms with Crippen LogP contribution < -0.4 is 10.6 Å². The molecule has 0 aromatic rings. The van der Waals surface area contributed by atoms with E-state index in [1.54, 1.807) is 28.0 Å². The number of nitrogens with zero attached hydrogens (tertiary/aromatic N) is 1. The normalized spacial score (nSPS) is 11.2. The Bertz CT molecular complexity index is 280. The number of methoxy groups -OCH3 is 1. The first-order chi connectivity index (χ1) is 8.35. The third kappa shape index (κ3) is 5.97. The molecule has 2 N–H and O–H groups in total. The van der Waals surface area contributed by atoms with Crippen LogP contribution in [0.2, 0.25) is 0 Å². The molecule has 6 nitrogen and oxygen atoms in total. The molecule has 2 amide bonds. The van der Waals surface area contributed by atoms with Gasteiger partial charge in [0.2, 0.25) is 11.8 Å². The highest BCUT2D eigenvalue weighted by molar-refractivity contribution is 5.89. The summed E-state index contributed by atoms with van der Waals surface area (Å²) >= 11 is 0. The van der Waals surface area contributed by atoms with Gasteiger partial charge in [0.15, 0.2) is 0 Å². The van der Waals surface area contributed by atoms with Gasteiger partial charge in [-0.25, -0.2) is 0 Å². The molecule has 0 atom stereocenters. The molecule has 6 heteroatoms. The van der Waals surface area contributed by atoms with Gasteiger partial charge in [0, 0.05) is 20.7 Å². The molecule has 0 fully saturated rings. The zero-order valence-corrected chi connectivity index (χ0v) is 12.0. The quantitative estimate of drug-likeness (QED) is 0.582. The Morgan fingerprint density at radius 2 is 1.94 bits per heavy atom. The van der Waals surface area contributed by atoms with Crippen LogP contribution in [0.25, 0.3) is 0 Å². The van der Waals surface area contributed by atoms with Crippen molar-refractivity contribution in [2.45, 2.75) is 26.3 Å². The summed E-state index contributed by atoms with van der Waals surface area (Å²) in [6.07, 6.45) is 0. The second kappa shape index (κ2) is 8.05. The summed E-state index contributed by atoms with van der Waals surface area (Å²) in [7, 11) is 3.19. The fourth-order valence-corrected chi connectivity index (χ4v) is 1.63. The third-order valence-electron chi connectivity index (χ3n) is 2.51. The maximum atomic E-state index is 12.1. The summed E-state index contributed by atoms with van der Waals surface area (Å²) in [5.74, 6) is -0.290. The van der Waals surface area contributed by atoms with Crippen LogP contribution >= 0.6 is 0 Å². The Hall–Kier alpha value is -1.14. The minimum atomic E-state index is -0.656. The van der Waals surface area contributed by atoms with E-state index in [-0.39, 0.29) is 18.4 Å². The number of carbonyl (C=O) groups is 2. The van der Waals surface area contributed by atoms with Crippen molar-refractivity contribution in [1.82, 2.24) is 15.5 Å². The first-order valence-corrected chi connectivity index (χ1v) is 6.11. The number of nitrogens with one attached hydrogen (secondary N) is 2. The van der Waals surface area contributed by atoms with Crippen LogP contribution in [0.1, 0.15) is 20.8 Å². The molecule has 18 heavy (non-hydrogen) atoms. The predicted octanol–water partition coefficient (Wildman–Crippen LogP) is -0.404. The van der Waals surface area contributed by atoms with E-state index in [1.807, 2.05) is 6.92 Å². The second-order valence-electron chi connectivity index (χ2n) is 4.66. The first-order valence-electron chi connectivity index (χ1n) is 6.11.